The van der Waals surface area contributed by atoms with Crippen LogP contribution in [-0.4, -0.2) is 41.4 Å². The van der Waals surface area contributed by atoms with Crippen molar-refractivity contribution >= 4 is 5.82 Å². The molecule has 1 heterocycles. The highest BCUT2D eigenvalue weighted by atomic mass is 16.5. The highest BCUT2D eigenvalue weighted by Crippen LogP contribution is 2.06. The van der Waals surface area contributed by atoms with E-state index >= 15 is 0 Å². The van der Waals surface area contributed by atoms with E-state index in [1.165, 1.54) is 0 Å². The fourth-order valence-electron chi connectivity index (χ4n) is 1.30. The van der Waals surface area contributed by atoms with Crippen molar-refractivity contribution in [2.24, 2.45) is 0 Å². The molecule has 1 aromatic heterocycles. The predicted molar refractivity (Wildman–Crippen MR) is 57.8 cm³/mol. The summed E-state index contributed by atoms with van der Waals surface area (Å²) >= 11 is 0. The lowest BCUT2D eigenvalue weighted by Gasteiger charge is -2.17. The summed E-state index contributed by atoms with van der Waals surface area (Å²) in [4.78, 5) is 8.23. The lowest BCUT2D eigenvalue weighted by Crippen LogP contribution is -2.26. The number of aliphatic hydroxyl groups is 1. The van der Waals surface area contributed by atoms with Crippen molar-refractivity contribution in [1.82, 2.24) is 9.97 Å². The zero-order valence-corrected chi connectivity index (χ0v) is 9.10. The molecule has 0 spiro atoms. The van der Waals surface area contributed by atoms with Crippen LogP contribution >= 0.6 is 0 Å². The molecule has 84 valence electrons. The third kappa shape index (κ3) is 4.22. The van der Waals surface area contributed by atoms with E-state index in [1.807, 2.05) is 6.92 Å². The fraction of sp³-hybridized carbons (Fsp3) is 0.600. The maximum Gasteiger partial charge on any atom is 0.129 e. The van der Waals surface area contributed by atoms with Gasteiger partial charge in [0.05, 0.1) is 12.6 Å². The molecule has 2 N–H and O–H groups in total. The van der Waals surface area contributed by atoms with Crippen LogP contribution in [0.25, 0.3) is 0 Å². The van der Waals surface area contributed by atoms with Crippen molar-refractivity contribution in [2.45, 2.75) is 19.4 Å². The van der Waals surface area contributed by atoms with Crippen molar-refractivity contribution in [3.63, 3.8) is 0 Å². The van der Waals surface area contributed by atoms with Gasteiger partial charge in [-0.1, -0.05) is 0 Å². The van der Waals surface area contributed by atoms with Crippen LogP contribution in [0.2, 0.25) is 0 Å². The second kappa shape index (κ2) is 6.31. The standard InChI is InChI=1S/C10H17N3O2/c1-8-11-5-3-10(12-8)13-9(4-6-14)7-15-2/h3,5,9,14H,4,6-7H2,1-2H3,(H,11,12,13). The quantitative estimate of drug-likeness (QED) is 0.721. The van der Waals surface area contributed by atoms with Gasteiger partial charge in [0.2, 0.25) is 0 Å². The molecule has 1 atom stereocenters. The highest BCUT2D eigenvalue weighted by molar-refractivity contribution is 5.34. The lowest BCUT2D eigenvalue weighted by molar-refractivity contribution is 0.170. The minimum atomic E-state index is 0.0781. The van der Waals surface area contributed by atoms with E-state index in [0.717, 1.165) is 11.6 Å². The molecule has 15 heavy (non-hydrogen) atoms. The zero-order chi connectivity index (χ0) is 11.1. The van der Waals surface area contributed by atoms with Crippen molar-refractivity contribution in [3.8, 4) is 0 Å². The summed E-state index contributed by atoms with van der Waals surface area (Å²) in [6, 6.07) is 1.88. The van der Waals surface area contributed by atoms with Gasteiger partial charge in [-0.25, -0.2) is 9.97 Å². The average Bonchev–Trinajstić information content (AvgIpc) is 2.18. The molecule has 0 radical (unpaired) electrons. The van der Waals surface area contributed by atoms with Gasteiger partial charge in [-0.2, -0.15) is 0 Å². The number of hydrogen-bond acceptors (Lipinski definition) is 5. The highest BCUT2D eigenvalue weighted by Gasteiger charge is 2.08. The number of methoxy groups -OCH3 is 1. The van der Waals surface area contributed by atoms with Crippen LogP contribution in [0.1, 0.15) is 12.2 Å². The maximum absolute atomic E-state index is 8.87. The van der Waals surface area contributed by atoms with Gasteiger partial charge >= 0.3 is 0 Å². The molecule has 0 aliphatic rings. The van der Waals surface area contributed by atoms with Crippen molar-refractivity contribution in [2.75, 3.05) is 25.6 Å². The van der Waals surface area contributed by atoms with Crippen molar-refractivity contribution in [3.05, 3.63) is 18.1 Å². The molecule has 1 unspecified atom stereocenters. The van der Waals surface area contributed by atoms with Crippen LogP contribution in [-0.2, 0) is 4.74 Å². The fourth-order valence-corrected chi connectivity index (χ4v) is 1.30. The average molecular weight is 211 g/mol. The predicted octanol–water partition coefficient (Wildman–Crippen LogP) is 0.594. The molecule has 0 fully saturated rings. The first-order valence-electron chi connectivity index (χ1n) is 4.92. The third-order valence-electron chi connectivity index (χ3n) is 1.97. The topological polar surface area (TPSA) is 67.3 Å². The Labute approximate surface area is 89.5 Å². The molecule has 0 bridgehead atoms. The van der Waals surface area contributed by atoms with Crippen molar-refractivity contribution < 1.29 is 9.84 Å². The molecule has 0 saturated carbocycles. The van der Waals surface area contributed by atoms with Crippen LogP contribution in [0.4, 0.5) is 5.82 Å². The number of aromatic nitrogens is 2. The second-order valence-electron chi connectivity index (χ2n) is 3.30. The number of hydrogen-bond donors (Lipinski definition) is 2. The first-order chi connectivity index (χ1) is 7.26. The van der Waals surface area contributed by atoms with E-state index in [1.54, 1.807) is 19.4 Å². The van der Waals surface area contributed by atoms with E-state index < -0.39 is 0 Å². The molecule has 0 aliphatic carbocycles. The monoisotopic (exact) mass is 211 g/mol. The summed E-state index contributed by atoms with van der Waals surface area (Å²) in [5, 5.41) is 12.1. The summed E-state index contributed by atoms with van der Waals surface area (Å²) < 4.78 is 5.04. The van der Waals surface area contributed by atoms with E-state index in [2.05, 4.69) is 15.3 Å². The number of nitrogens with zero attached hydrogens (tertiary/aromatic N) is 2. The first kappa shape index (κ1) is 11.9. The number of aliphatic hydroxyl groups excluding tert-OH is 1. The Hall–Kier alpha value is -1.20. The van der Waals surface area contributed by atoms with Gasteiger partial charge in [0.15, 0.2) is 0 Å². The van der Waals surface area contributed by atoms with Gasteiger partial charge in [0.1, 0.15) is 11.6 Å². The van der Waals surface area contributed by atoms with Crippen LogP contribution in [0.15, 0.2) is 12.3 Å². The van der Waals surface area contributed by atoms with E-state index in [4.69, 9.17) is 9.84 Å². The molecule has 0 saturated heterocycles. The van der Waals surface area contributed by atoms with Gasteiger partial charge in [0, 0.05) is 19.9 Å². The van der Waals surface area contributed by atoms with Crippen LogP contribution in [0.3, 0.4) is 0 Å². The minimum absolute atomic E-state index is 0.0781. The van der Waals surface area contributed by atoms with E-state index in [0.29, 0.717) is 13.0 Å². The Morgan fingerprint density at radius 2 is 2.40 bits per heavy atom. The maximum atomic E-state index is 8.87. The Kier molecular flexibility index (Phi) is 5.00. The van der Waals surface area contributed by atoms with E-state index in [9.17, 15) is 0 Å². The van der Waals surface area contributed by atoms with Gasteiger partial charge in [-0.3, -0.25) is 0 Å². The smallest absolute Gasteiger partial charge is 0.129 e. The Morgan fingerprint density at radius 3 is 3.00 bits per heavy atom. The van der Waals surface area contributed by atoms with Gasteiger partial charge in [-0.05, 0) is 19.4 Å². The molecule has 5 heteroatoms. The van der Waals surface area contributed by atoms with Gasteiger partial charge < -0.3 is 15.2 Å². The summed E-state index contributed by atoms with van der Waals surface area (Å²) in [5.41, 5.74) is 0. The SMILES string of the molecule is COCC(CCO)Nc1ccnc(C)n1. The Balaban J connectivity index is 2.56. The Morgan fingerprint density at radius 1 is 1.60 bits per heavy atom. The number of aryl methyl sites for hydroxylation is 1. The second-order valence-corrected chi connectivity index (χ2v) is 3.30. The molecule has 1 aromatic rings. The molecular weight excluding hydrogens is 194 g/mol. The lowest BCUT2D eigenvalue weighted by atomic mass is 10.2. The molecule has 5 nitrogen and oxygen atoms in total. The van der Waals surface area contributed by atoms with Crippen LogP contribution in [0.5, 0.6) is 0 Å². The minimum Gasteiger partial charge on any atom is -0.396 e. The van der Waals surface area contributed by atoms with Crippen LogP contribution in [0, 0.1) is 6.92 Å². The summed E-state index contributed by atoms with van der Waals surface area (Å²) in [7, 11) is 1.64. The Bertz CT molecular complexity index is 288. The molecule has 0 amide bonds. The molecule has 0 aromatic carbocycles. The van der Waals surface area contributed by atoms with E-state index in [-0.39, 0.29) is 12.6 Å². The molecular formula is C10H17N3O2. The number of ether oxygens (including phenoxy) is 1. The number of rotatable bonds is 6. The van der Waals surface area contributed by atoms with Gasteiger partial charge in [0.25, 0.3) is 0 Å². The summed E-state index contributed by atoms with van der Waals surface area (Å²) in [6.45, 7) is 2.51. The molecule has 0 aliphatic heterocycles. The third-order valence-corrected chi connectivity index (χ3v) is 1.97. The number of nitrogens with one attached hydrogen (secondary N) is 1. The van der Waals surface area contributed by atoms with Gasteiger partial charge in [-0.15, -0.1) is 0 Å². The largest absolute Gasteiger partial charge is 0.396 e. The zero-order valence-electron chi connectivity index (χ0n) is 9.10. The summed E-state index contributed by atoms with van der Waals surface area (Å²) in [5.74, 6) is 1.48. The normalized spacial score (nSPS) is 12.5. The number of anilines is 1. The van der Waals surface area contributed by atoms with Crippen LogP contribution < -0.4 is 5.32 Å². The first-order valence-corrected chi connectivity index (χ1v) is 4.92. The van der Waals surface area contributed by atoms with Crippen molar-refractivity contribution in [1.29, 1.82) is 0 Å². The summed E-state index contributed by atoms with van der Waals surface area (Å²) in [6.07, 6.45) is 2.34. The molecule has 1 rings (SSSR count).